The standard InChI is InChI=1S/C27H27N3O/c31-27(26(22-9-3-1-4-10-22)23-11-5-2-6-12-23)29-17-15-21(16-18-29)19-30-20-28-24-13-7-8-14-25(24)30/h1-14,20-21,26H,15-19H2. The highest BCUT2D eigenvalue weighted by Crippen LogP contribution is 2.29. The van der Waals surface area contributed by atoms with Gasteiger partial charge in [0.15, 0.2) is 0 Å². The fourth-order valence-electron chi connectivity index (χ4n) is 4.72. The van der Waals surface area contributed by atoms with Crippen molar-refractivity contribution in [3.05, 3.63) is 102 Å². The van der Waals surface area contributed by atoms with Gasteiger partial charge in [-0.15, -0.1) is 0 Å². The fraction of sp³-hybridized carbons (Fsp3) is 0.259. The van der Waals surface area contributed by atoms with Crippen LogP contribution in [0.2, 0.25) is 0 Å². The second-order valence-electron chi connectivity index (χ2n) is 8.41. The first-order valence-electron chi connectivity index (χ1n) is 11.1. The van der Waals surface area contributed by atoms with Crippen LogP contribution in [0, 0.1) is 5.92 Å². The van der Waals surface area contributed by atoms with Gasteiger partial charge in [0.1, 0.15) is 0 Å². The van der Waals surface area contributed by atoms with Crippen LogP contribution in [0.1, 0.15) is 29.9 Å². The van der Waals surface area contributed by atoms with Crippen LogP contribution < -0.4 is 0 Å². The third-order valence-electron chi connectivity index (χ3n) is 6.42. The maximum Gasteiger partial charge on any atom is 0.234 e. The lowest BCUT2D eigenvalue weighted by Gasteiger charge is -2.34. The number of hydrogen-bond acceptors (Lipinski definition) is 2. The van der Waals surface area contributed by atoms with Crippen LogP contribution in [0.15, 0.2) is 91.3 Å². The summed E-state index contributed by atoms with van der Waals surface area (Å²) in [5.74, 6) is 0.536. The molecule has 0 radical (unpaired) electrons. The highest BCUT2D eigenvalue weighted by Gasteiger charge is 2.30. The Morgan fingerprint density at radius 2 is 1.42 bits per heavy atom. The first kappa shape index (κ1) is 19.6. The first-order chi connectivity index (χ1) is 15.3. The van der Waals surface area contributed by atoms with Crippen LogP contribution >= 0.6 is 0 Å². The van der Waals surface area contributed by atoms with E-state index < -0.39 is 0 Å². The second-order valence-corrected chi connectivity index (χ2v) is 8.41. The molecule has 0 bridgehead atoms. The summed E-state index contributed by atoms with van der Waals surface area (Å²) in [4.78, 5) is 20.2. The number of rotatable bonds is 5. The summed E-state index contributed by atoms with van der Waals surface area (Å²) in [7, 11) is 0. The third kappa shape index (κ3) is 4.11. The number of hydrogen-bond donors (Lipinski definition) is 0. The van der Waals surface area contributed by atoms with Crippen molar-refractivity contribution in [3.63, 3.8) is 0 Å². The molecule has 3 aromatic carbocycles. The van der Waals surface area contributed by atoms with Crippen molar-refractivity contribution in [1.29, 1.82) is 0 Å². The number of benzene rings is 3. The maximum absolute atomic E-state index is 13.6. The lowest BCUT2D eigenvalue weighted by molar-refractivity contribution is -0.133. The van der Waals surface area contributed by atoms with E-state index in [0.29, 0.717) is 5.92 Å². The number of aromatic nitrogens is 2. The molecule has 0 saturated carbocycles. The topological polar surface area (TPSA) is 38.1 Å². The smallest absolute Gasteiger partial charge is 0.234 e. The van der Waals surface area contributed by atoms with Crippen molar-refractivity contribution in [1.82, 2.24) is 14.5 Å². The van der Waals surface area contributed by atoms with E-state index in [1.165, 1.54) is 5.52 Å². The van der Waals surface area contributed by atoms with Gasteiger partial charge in [-0.25, -0.2) is 4.98 Å². The van der Waals surface area contributed by atoms with Crippen LogP contribution in [0.4, 0.5) is 0 Å². The monoisotopic (exact) mass is 409 g/mol. The van der Waals surface area contributed by atoms with E-state index in [0.717, 1.165) is 49.1 Å². The second kappa shape index (κ2) is 8.76. The highest BCUT2D eigenvalue weighted by molar-refractivity contribution is 5.87. The minimum atomic E-state index is -0.239. The number of piperidine rings is 1. The summed E-state index contributed by atoms with van der Waals surface area (Å²) in [5, 5.41) is 0. The van der Waals surface area contributed by atoms with Crippen LogP contribution in [-0.4, -0.2) is 33.4 Å². The SMILES string of the molecule is O=C(C(c1ccccc1)c1ccccc1)N1CCC(Cn2cnc3ccccc32)CC1. The minimum Gasteiger partial charge on any atom is -0.342 e. The molecule has 31 heavy (non-hydrogen) atoms. The number of fused-ring (bicyclic) bond motifs is 1. The molecule has 1 aliphatic heterocycles. The number of nitrogens with zero attached hydrogens (tertiary/aromatic N) is 3. The normalized spacial score (nSPS) is 14.9. The number of imidazole rings is 1. The Kier molecular flexibility index (Phi) is 5.53. The van der Waals surface area contributed by atoms with Crippen molar-refractivity contribution in [2.45, 2.75) is 25.3 Å². The molecule has 1 saturated heterocycles. The molecule has 0 spiro atoms. The predicted molar refractivity (Wildman–Crippen MR) is 124 cm³/mol. The highest BCUT2D eigenvalue weighted by atomic mass is 16.2. The summed E-state index contributed by atoms with van der Waals surface area (Å²) in [6, 6.07) is 28.6. The summed E-state index contributed by atoms with van der Waals surface area (Å²) < 4.78 is 2.26. The number of amides is 1. The average Bonchev–Trinajstić information content (AvgIpc) is 3.24. The van der Waals surface area contributed by atoms with E-state index in [-0.39, 0.29) is 11.8 Å². The summed E-state index contributed by atoms with van der Waals surface area (Å²) in [6.45, 7) is 2.59. The largest absolute Gasteiger partial charge is 0.342 e. The van der Waals surface area contributed by atoms with Gasteiger partial charge in [0, 0.05) is 19.6 Å². The van der Waals surface area contributed by atoms with Gasteiger partial charge < -0.3 is 9.47 Å². The number of para-hydroxylation sites is 2. The molecule has 1 aromatic heterocycles. The quantitative estimate of drug-likeness (QED) is 0.460. The maximum atomic E-state index is 13.6. The molecule has 4 aromatic rings. The van der Waals surface area contributed by atoms with Crippen molar-refractivity contribution < 1.29 is 4.79 Å². The van der Waals surface area contributed by atoms with Gasteiger partial charge in [-0.2, -0.15) is 0 Å². The Morgan fingerprint density at radius 1 is 0.839 bits per heavy atom. The van der Waals surface area contributed by atoms with Gasteiger partial charge >= 0.3 is 0 Å². The molecule has 0 unspecified atom stereocenters. The van der Waals surface area contributed by atoms with E-state index in [1.54, 1.807) is 0 Å². The molecule has 156 valence electrons. The Hall–Kier alpha value is -3.40. The van der Waals surface area contributed by atoms with Crippen LogP contribution in [0.3, 0.4) is 0 Å². The van der Waals surface area contributed by atoms with Gasteiger partial charge in [0.2, 0.25) is 5.91 Å². The van der Waals surface area contributed by atoms with Crippen LogP contribution in [0.25, 0.3) is 11.0 Å². The number of likely N-dealkylation sites (tertiary alicyclic amines) is 1. The van der Waals surface area contributed by atoms with Crippen molar-refractivity contribution in [3.8, 4) is 0 Å². The molecule has 1 amide bonds. The lowest BCUT2D eigenvalue weighted by atomic mass is 9.88. The number of carbonyl (C=O) groups excluding carboxylic acids is 1. The van der Waals surface area contributed by atoms with Crippen molar-refractivity contribution >= 4 is 16.9 Å². The molecule has 1 aliphatic rings. The van der Waals surface area contributed by atoms with Crippen molar-refractivity contribution in [2.24, 2.45) is 5.92 Å². The summed E-state index contributed by atoms with van der Waals surface area (Å²) in [6.07, 6.45) is 3.99. The Balaban J connectivity index is 1.29. The van der Waals surface area contributed by atoms with Gasteiger partial charge in [-0.3, -0.25) is 4.79 Å². The molecular formula is C27H27N3O. The molecule has 0 N–H and O–H groups in total. The molecule has 0 aliphatic carbocycles. The molecular weight excluding hydrogens is 382 g/mol. The molecule has 2 heterocycles. The number of carbonyl (C=O) groups is 1. The zero-order valence-electron chi connectivity index (χ0n) is 17.6. The molecule has 1 fully saturated rings. The average molecular weight is 410 g/mol. The molecule has 5 rings (SSSR count). The molecule has 4 heteroatoms. The Morgan fingerprint density at radius 3 is 2.06 bits per heavy atom. The van der Waals surface area contributed by atoms with E-state index in [1.807, 2.05) is 48.8 Å². The summed E-state index contributed by atoms with van der Waals surface area (Å²) >= 11 is 0. The minimum absolute atomic E-state index is 0.212. The van der Waals surface area contributed by atoms with E-state index in [4.69, 9.17) is 0 Å². The first-order valence-corrected chi connectivity index (χ1v) is 11.1. The van der Waals surface area contributed by atoms with Crippen LogP contribution in [-0.2, 0) is 11.3 Å². The van der Waals surface area contributed by atoms with E-state index in [2.05, 4.69) is 56.9 Å². The Bertz CT molecular complexity index is 1110. The third-order valence-corrected chi connectivity index (χ3v) is 6.42. The predicted octanol–water partition coefficient (Wildman–Crippen LogP) is 5.11. The summed E-state index contributed by atoms with van der Waals surface area (Å²) in [5.41, 5.74) is 4.36. The molecule has 4 nitrogen and oxygen atoms in total. The lowest BCUT2D eigenvalue weighted by Crippen LogP contribution is -2.42. The van der Waals surface area contributed by atoms with Gasteiger partial charge in [-0.1, -0.05) is 72.8 Å². The fourth-order valence-corrected chi connectivity index (χ4v) is 4.72. The van der Waals surface area contributed by atoms with E-state index in [9.17, 15) is 4.79 Å². The van der Waals surface area contributed by atoms with Crippen LogP contribution in [0.5, 0.6) is 0 Å². The van der Waals surface area contributed by atoms with Gasteiger partial charge in [0.05, 0.1) is 23.3 Å². The van der Waals surface area contributed by atoms with Gasteiger partial charge in [0.25, 0.3) is 0 Å². The van der Waals surface area contributed by atoms with E-state index >= 15 is 0 Å². The van der Waals surface area contributed by atoms with Gasteiger partial charge in [-0.05, 0) is 42.0 Å². The zero-order valence-corrected chi connectivity index (χ0v) is 17.6. The zero-order chi connectivity index (χ0) is 21.0. The molecule has 0 atom stereocenters. The van der Waals surface area contributed by atoms with Crippen molar-refractivity contribution in [2.75, 3.05) is 13.1 Å². The Labute approximate surface area is 183 Å².